The van der Waals surface area contributed by atoms with Crippen LogP contribution >= 0.6 is 0 Å². The summed E-state index contributed by atoms with van der Waals surface area (Å²) in [6, 6.07) is 9.47. The monoisotopic (exact) mass is 371 g/mol. The first kappa shape index (κ1) is 20.2. The van der Waals surface area contributed by atoms with Gasteiger partial charge >= 0.3 is 5.97 Å². The third kappa shape index (κ3) is 5.27. The van der Waals surface area contributed by atoms with E-state index in [0.717, 1.165) is 32.1 Å². The van der Waals surface area contributed by atoms with Crippen molar-refractivity contribution >= 4 is 11.7 Å². The quantitative estimate of drug-likeness (QED) is 0.604. The third-order valence-electron chi connectivity index (χ3n) is 7.13. The Balaban J connectivity index is 1.56. The fourth-order valence-electron chi connectivity index (χ4n) is 5.25. The summed E-state index contributed by atoms with van der Waals surface area (Å²) < 4.78 is 0. The average Bonchev–Trinajstić information content (AvgIpc) is 2.63. The van der Waals surface area contributed by atoms with E-state index < -0.39 is 5.97 Å². The molecule has 0 spiro atoms. The van der Waals surface area contributed by atoms with Crippen LogP contribution in [0.1, 0.15) is 90.0 Å². The van der Waals surface area contributed by atoms with Gasteiger partial charge in [0.25, 0.3) is 0 Å². The van der Waals surface area contributed by atoms with E-state index in [1.807, 2.05) is 6.92 Å². The van der Waals surface area contributed by atoms with E-state index in [4.69, 9.17) is 0 Å². The van der Waals surface area contributed by atoms with Gasteiger partial charge in [0.2, 0.25) is 0 Å². The van der Waals surface area contributed by atoms with Gasteiger partial charge in [-0.3, -0.25) is 4.79 Å². The predicted molar refractivity (Wildman–Crippen MR) is 112 cm³/mol. The van der Waals surface area contributed by atoms with Crippen LogP contribution in [-0.4, -0.2) is 17.1 Å². The standard InChI is InChI=1S/C24H37NO2/c1-4-22(23(26)27)19-6-5-7-21(16-19)25-20-10-8-17(9-11-20)18-12-14-24(2,3)15-13-18/h8-11,18-19,21-22,25H,4-7,12-16H2,1-3H3,(H,26,27). The highest BCUT2D eigenvalue weighted by Gasteiger charge is 2.31. The summed E-state index contributed by atoms with van der Waals surface area (Å²) in [6.07, 6.45) is 10.3. The minimum absolute atomic E-state index is 0.187. The number of aliphatic carboxylic acids is 1. The third-order valence-corrected chi connectivity index (χ3v) is 7.13. The van der Waals surface area contributed by atoms with Gasteiger partial charge in [-0.2, -0.15) is 0 Å². The number of carboxylic acids is 1. The van der Waals surface area contributed by atoms with E-state index >= 15 is 0 Å². The highest BCUT2D eigenvalue weighted by atomic mass is 16.4. The van der Waals surface area contributed by atoms with E-state index in [1.165, 1.54) is 36.9 Å². The van der Waals surface area contributed by atoms with Crippen LogP contribution in [0, 0.1) is 17.3 Å². The maximum absolute atomic E-state index is 11.5. The van der Waals surface area contributed by atoms with Crippen LogP contribution in [0.25, 0.3) is 0 Å². The molecule has 3 heteroatoms. The Labute approximate surface area is 164 Å². The zero-order valence-electron chi connectivity index (χ0n) is 17.3. The van der Waals surface area contributed by atoms with Gasteiger partial charge in [-0.05, 0) is 86.3 Å². The van der Waals surface area contributed by atoms with E-state index in [1.54, 1.807) is 0 Å². The molecule has 2 fully saturated rings. The van der Waals surface area contributed by atoms with Crippen molar-refractivity contribution in [2.75, 3.05) is 5.32 Å². The lowest BCUT2D eigenvalue weighted by atomic mass is 9.71. The number of nitrogens with one attached hydrogen (secondary N) is 1. The van der Waals surface area contributed by atoms with Crippen molar-refractivity contribution in [3.05, 3.63) is 29.8 Å². The van der Waals surface area contributed by atoms with Gasteiger partial charge in [0.05, 0.1) is 5.92 Å². The second-order valence-electron chi connectivity index (χ2n) is 9.68. The highest BCUT2D eigenvalue weighted by molar-refractivity contribution is 5.70. The Kier molecular flexibility index (Phi) is 6.49. The van der Waals surface area contributed by atoms with Crippen molar-refractivity contribution in [2.45, 2.75) is 90.5 Å². The molecule has 2 aliphatic carbocycles. The maximum Gasteiger partial charge on any atom is 0.306 e. The molecule has 3 nitrogen and oxygen atoms in total. The molecule has 2 saturated carbocycles. The minimum Gasteiger partial charge on any atom is -0.481 e. The van der Waals surface area contributed by atoms with Gasteiger partial charge in [-0.15, -0.1) is 0 Å². The first-order chi connectivity index (χ1) is 12.9. The van der Waals surface area contributed by atoms with Crippen LogP contribution in [0.3, 0.4) is 0 Å². The summed E-state index contributed by atoms with van der Waals surface area (Å²) in [4.78, 5) is 11.5. The minimum atomic E-state index is -0.622. The van der Waals surface area contributed by atoms with Gasteiger partial charge < -0.3 is 10.4 Å². The van der Waals surface area contributed by atoms with Gasteiger partial charge in [0, 0.05) is 11.7 Å². The molecule has 0 saturated heterocycles. The zero-order chi connectivity index (χ0) is 19.4. The van der Waals surface area contributed by atoms with E-state index in [9.17, 15) is 9.90 Å². The smallest absolute Gasteiger partial charge is 0.306 e. The molecule has 1 aromatic rings. The largest absolute Gasteiger partial charge is 0.481 e. The van der Waals surface area contributed by atoms with Crippen LogP contribution < -0.4 is 5.32 Å². The first-order valence-corrected chi connectivity index (χ1v) is 11.0. The lowest BCUT2D eigenvalue weighted by molar-refractivity contribution is -0.144. The van der Waals surface area contributed by atoms with Gasteiger partial charge in [-0.25, -0.2) is 0 Å². The molecule has 0 amide bonds. The molecule has 0 aliphatic heterocycles. The molecule has 3 atom stereocenters. The highest BCUT2D eigenvalue weighted by Crippen LogP contribution is 2.42. The molecule has 3 unspecified atom stereocenters. The molecular weight excluding hydrogens is 334 g/mol. The number of hydrogen-bond donors (Lipinski definition) is 2. The maximum atomic E-state index is 11.5. The van der Waals surface area contributed by atoms with Crippen molar-refractivity contribution < 1.29 is 9.90 Å². The summed E-state index contributed by atoms with van der Waals surface area (Å²) in [6.45, 7) is 6.78. The summed E-state index contributed by atoms with van der Waals surface area (Å²) in [7, 11) is 0. The lowest BCUT2D eigenvalue weighted by Crippen LogP contribution is -2.33. The van der Waals surface area contributed by atoms with E-state index in [0.29, 0.717) is 23.3 Å². The Bertz CT molecular complexity index is 612. The summed E-state index contributed by atoms with van der Waals surface area (Å²) in [5.41, 5.74) is 3.18. The van der Waals surface area contributed by atoms with Crippen LogP contribution in [0.4, 0.5) is 5.69 Å². The molecule has 0 radical (unpaired) electrons. The Morgan fingerprint density at radius 1 is 1.15 bits per heavy atom. The van der Waals surface area contributed by atoms with E-state index in [-0.39, 0.29) is 5.92 Å². The molecule has 150 valence electrons. The molecule has 2 aliphatic rings. The van der Waals surface area contributed by atoms with Gasteiger partial charge in [-0.1, -0.05) is 39.3 Å². The number of hydrogen-bond acceptors (Lipinski definition) is 2. The predicted octanol–water partition coefficient (Wildman–Crippen LogP) is 6.45. The topological polar surface area (TPSA) is 49.3 Å². The molecule has 1 aromatic carbocycles. The number of rotatable bonds is 6. The number of carbonyl (C=O) groups is 1. The molecule has 2 N–H and O–H groups in total. The summed E-state index contributed by atoms with van der Waals surface area (Å²) in [5, 5.41) is 13.1. The van der Waals surface area contributed by atoms with Crippen molar-refractivity contribution in [2.24, 2.45) is 17.3 Å². The average molecular weight is 372 g/mol. The van der Waals surface area contributed by atoms with Crippen molar-refractivity contribution in [1.29, 1.82) is 0 Å². The normalized spacial score (nSPS) is 27.1. The Hall–Kier alpha value is -1.51. The fourth-order valence-corrected chi connectivity index (χ4v) is 5.25. The van der Waals surface area contributed by atoms with Gasteiger partial charge in [0.15, 0.2) is 0 Å². The van der Waals surface area contributed by atoms with Crippen molar-refractivity contribution in [3.8, 4) is 0 Å². The number of anilines is 1. The molecule has 3 rings (SSSR count). The second kappa shape index (κ2) is 8.67. The number of carboxylic acid groups (broad SMARTS) is 1. The number of benzene rings is 1. The molecule has 27 heavy (non-hydrogen) atoms. The molecular formula is C24H37NO2. The second-order valence-corrected chi connectivity index (χ2v) is 9.68. The Morgan fingerprint density at radius 3 is 2.41 bits per heavy atom. The van der Waals surface area contributed by atoms with Crippen LogP contribution in [0.5, 0.6) is 0 Å². The van der Waals surface area contributed by atoms with Crippen LogP contribution in [-0.2, 0) is 4.79 Å². The first-order valence-electron chi connectivity index (χ1n) is 11.0. The fraction of sp³-hybridized carbons (Fsp3) is 0.708. The Morgan fingerprint density at radius 2 is 1.81 bits per heavy atom. The SMILES string of the molecule is CCC(C(=O)O)C1CCCC(Nc2ccc(C3CCC(C)(C)CC3)cc2)C1. The van der Waals surface area contributed by atoms with Crippen molar-refractivity contribution in [1.82, 2.24) is 0 Å². The van der Waals surface area contributed by atoms with Crippen LogP contribution in [0.15, 0.2) is 24.3 Å². The molecule has 0 aromatic heterocycles. The van der Waals surface area contributed by atoms with Gasteiger partial charge in [0.1, 0.15) is 0 Å². The summed E-state index contributed by atoms with van der Waals surface area (Å²) in [5.74, 6) is 0.214. The summed E-state index contributed by atoms with van der Waals surface area (Å²) >= 11 is 0. The molecule has 0 heterocycles. The molecule has 0 bridgehead atoms. The van der Waals surface area contributed by atoms with Crippen molar-refractivity contribution in [3.63, 3.8) is 0 Å². The zero-order valence-corrected chi connectivity index (χ0v) is 17.3. The van der Waals surface area contributed by atoms with Crippen LogP contribution in [0.2, 0.25) is 0 Å². The lowest BCUT2D eigenvalue weighted by Gasteiger charge is -2.35. The van der Waals surface area contributed by atoms with E-state index in [2.05, 4.69) is 43.4 Å².